The second kappa shape index (κ2) is 10.0. The van der Waals surface area contributed by atoms with Crippen molar-refractivity contribution in [2.75, 3.05) is 26.2 Å². The zero-order chi connectivity index (χ0) is 23.4. The number of carbonyl (C=O) groups excluding carboxylic acids is 2. The molecule has 176 valence electrons. The number of pyridine rings is 1. The number of carbonyl (C=O) groups is 2. The fourth-order valence-corrected chi connectivity index (χ4v) is 4.76. The van der Waals surface area contributed by atoms with E-state index in [1.54, 1.807) is 6.20 Å². The molecule has 0 unspecified atom stereocenters. The van der Waals surface area contributed by atoms with Crippen molar-refractivity contribution in [2.24, 2.45) is 0 Å². The summed E-state index contributed by atoms with van der Waals surface area (Å²) in [7, 11) is 0. The summed E-state index contributed by atoms with van der Waals surface area (Å²) in [4.78, 5) is 32.2. The molecule has 0 bridgehead atoms. The molecule has 2 aliphatic heterocycles. The van der Waals surface area contributed by atoms with Crippen LogP contribution in [0.15, 0.2) is 42.6 Å². The zero-order valence-electron chi connectivity index (χ0n) is 20.0. The first-order chi connectivity index (χ1) is 15.8. The number of aromatic nitrogens is 1. The standard InChI is InChI=1S/C27H35N3O3/c1-19-6-9-22(10-7-19)27(2,3)26(32)30-14-12-20(13-15-30)24-11-8-21(17-28-24)25(31)29-18-23-5-4-16-33-23/h6-11,17,20,23H,4-5,12-16,18H2,1-3H3,(H,29,31)/t23-/m0/s1. The lowest BCUT2D eigenvalue weighted by molar-refractivity contribution is -0.137. The van der Waals surface area contributed by atoms with Crippen molar-refractivity contribution >= 4 is 11.8 Å². The molecule has 0 saturated carbocycles. The van der Waals surface area contributed by atoms with E-state index in [2.05, 4.69) is 41.5 Å². The van der Waals surface area contributed by atoms with E-state index in [9.17, 15) is 9.59 Å². The largest absolute Gasteiger partial charge is 0.376 e. The molecule has 1 aromatic carbocycles. The molecule has 2 amide bonds. The fourth-order valence-electron chi connectivity index (χ4n) is 4.76. The first-order valence-corrected chi connectivity index (χ1v) is 12.1. The van der Waals surface area contributed by atoms with Gasteiger partial charge < -0.3 is 15.0 Å². The van der Waals surface area contributed by atoms with E-state index in [0.717, 1.165) is 56.6 Å². The van der Waals surface area contributed by atoms with Crippen LogP contribution in [0.3, 0.4) is 0 Å². The van der Waals surface area contributed by atoms with E-state index < -0.39 is 5.41 Å². The van der Waals surface area contributed by atoms with Crippen LogP contribution in [0.25, 0.3) is 0 Å². The number of likely N-dealkylation sites (tertiary alicyclic amines) is 1. The van der Waals surface area contributed by atoms with E-state index in [0.29, 0.717) is 18.0 Å². The lowest BCUT2D eigenvalue weighted by Gasteiger charge is -2.37. The van der Waals surface area contributed by atoms with Crippen molar-refractivity contribution in [1.29, 1.82) is 0 Å². The molecule has 2 aliphatic rings. The number of hydrogen-bond donors (Lipinski definition) is 1. The molecule has 2 fully saturated rings. The maximum absolute atomic E-state index is 13.3. The van der Waals surface area contributed by atoms with E-state index in [1.165, 1.54) is 5.56 Å². The minimum absolute atomic E-state index is 0.108. The molecule has 33 heavy (non-hydrogen) atoms. The zero-order valence-corrected chi connectivity index (χ0v) is 20.0. The molecule has 0 aliphatic carbocycles. The highest BCUT2D eigenvalue weighted by Crippen LogP contribution is 2.31. The number of nitrogens with one attached hydrogen (secondary N) is 1. The number of hydrogen-bond acceptors (Lipinski definition) is 4. The van der Waals surface area contributed by atoms with Crippen molar-refractivity contribution in [3.05, 3.63) is 65.0 Å². The highest BCUT2D eigenvalue weighted by atomic mass is 16.5. The Morgan fingerprint density at radius 3 is 2.42 bits per heavy atom. The topological polar surface area (TPSA) is 71.5 Å². The minimum Gasteiger partial charge on any atom is -0.376 e. The number of piperidine rings is 1. The van der Waals surface area contributed by atoms with Crippen LogP contribution in [0, 0.1) is 6.92 Å². The van der Waals surface area contributed by atoms with Crippen LogP contribution < -0.4 is 5.32 Å². The van der Waals surface area contributed by atoms with E-state index in [1.807, 2.05) is 30.9 Å². The van der Waals surface area contributed by atoms with Gasteiger partial charge in [-0.15, -0.1) is 0 Å². The maximum atomic E-state index is 13.3. The molecule has 0 spiro atoms. The highest BCUT2D eigenvalue weighted by Gasteiger charge is 2.35. The van der Waals surface area contributed by atoms with Crippen LogP contribution in [0.5, 0.6) is 0 Å². The molecule has 3 heterocycles. The van der Waals surface area contributed by atoms with Gasteiger partial charge in [-0.3, -0.25) is 14.6 Å². The van der Waals surface area contributed by atoms with Gasteiger partial charge in [-0.2, -0.15) is 0 Å². The Balaban J connectivity index is 1.30. The second-order valence-electron chi connectivity index (χ2n) is 9.87. The summed E-state index contributed by atoms with van der Waals surface area (Å²) in [6, 6.07) is 12.1. The molecule has 2 aromatic rings. The molecular formula is C27H35N3O3. The Bertz CT molecular complexity index is 955. The van der Waals surface area contributed by atoms with Gasteiger partial charge in [0.15, 0.2) is 0 Å². The van der Waals surface area contributed by atoms with E-state index in [4.69, 9.17) is 4.74 Å². The van der Waals surface area contributed by atoms with Crippen molar-refractivity contribution in [3.8, 4) is 0 Å². The average Bonchev–Trinajstić information content (AvgIpc) is 3.36. The number of benzene rings is 1. The van der Waals surface area contributed by atoms with Gasteiger partial charge in [-0.25, -0.2) is 0 Å². The smallest absolute Gasteiger partial charge is 0.252 e. The SMILES string of the molecule is Cc1ccc(C(C)(C)C(=O)N2CCC(c3ccc(C(=O)NC[C@@H]4CCCO4)cn3)CC2)cc1. The van der Waals surface area contributed by atoms with Crippen molar-refractivity contribution in [1.82, 2.24) is 15.2 Å². The summed E-state index contributed by atoms with van der Waals surface area (Å²) >= 11 is 0. The first-order valence-electron chi connectivity index (χ1n) is 12.1. The third-order valence-corrected chi connectivity index (χ3v) is 7.07. The Labute approximate surface area is 196 Å². The van der Waals surface area contributed by atoms with Gasteiger partial charge in [0.1, 0.15) is 0 Å². The molecule has 4 rings (SSSR count). The Morgan fingerprint density at radius 1 is 1.09 bits per heavy atom. The van der Waals surface area contributed by atoms with Gasteiger partial charge in [0, 0.05) is 44.0 Å². The van der Waals surface area contributed by atoms with Gasteiger partial charge >= 0.3 is 0 Å². The first kappa shape index (κ1) is 23.4. The molecule has 6 nitrogen and oxygen atoms in total. The monoisotopic (exact) mass is 449 g/mol. The summed E-state index contributed by atoms with van der Waals surface area (Å²) < 4.78 is 5.56. The van der Waals surface area contributed by atoms with Gasteiger partial charge in [0.2, 0.25) is 5.91 Å². The maximum Gasteiger partial charge on any atom is 0.252 e. The number of rotatable bonds is 6. The van der Waals surface area contributed by atoms with Crippen LogP contribution in [-0.4, -0.2) is 54.0 Å². The van der Waals surface area contributed by atoms with Gasteiger partial charge in [0.05, 0.1) is 17.1 Å². The molecule has 1 N–H and O–H groups in total. The van der Waals surface area contributed by atoms with Gasteiger partial charge in [-0.1, -0.05) is 29.8 Å². The lowest BCUT2D eigenvalue weighted by Crippen LogP contribution is -2.46. The fraction of sp³-hybridized carbons (Fsp3) is 0.519. The molecule has 0 radical (unpaired) electrons. The van der Waals surface area contributed by atoms with E-state index >= 15 is 0 Å². The summed E-state index contributed by atoms with van der Waals surface area (Å²) in [6.07, 6.45) is 5.62. The normalized spacial score (nSPS) is 19.5. The summed E-state index contributed by atoms with van der Waals surface area (Å²) in [6.45, 7) is 8.86. The van der Waals surface area contributed by atoms with Crippen LogP contribution in [0.1, 0.15) is 72.6 Å². The summed E-state index contributed by atoms with van der Waals surface area (Å²) in [5.74, 6) is 0.375. The van der Waals surface area contributed by atoms with Crippen LogP contribution in [0.4, 0.5) is 0 Å². The third kappa shape index (κ3) is 5.44. The van der Waals surface area contributed by atoms with Crippen LogP contribution in [-0.2, 0) is 14.9 Å². The number of amides is 2. The van der Waals surface area contributed by atoms with E-state index in [-0.39, 0.29) is 17.9 Å². The third-order valence-electron chi connectivity index (χ3n) is 7.07. The van der Waals surface area contributed by atoms with Crippen molar-refractivity contribution in [2.45, 2.75) is 63.9 Å². The molecule has 1 aromatic heterocycles. The molecule has 2 saturated heterocycles. The van der Waals surface area contributed by atoms with Crippen LogP contribution >= 0.6 is 0 Å². The molecule has 1 atom stereocenters. The average molecular weight is 450 g/mol. The Kier molecular flexibility index (Phi) is 7.13. The summed E-state index contributed by atoms with van der Waals surface area (Å²) in [5, 5.41) is 2.94. The Morgan fingerprint density at radius 2 is 1.82 bits per heavy atom. The van der Waals surface area contributed by atoms with Gasteiger partial charge in [0.25, 0.3) is 5.91 Å². The molecular weight excluding hydrogens is 414 g/mol. The number of nitrogens with zero attached hydrogens (tertiary/aromatic N) is 2. The number of aryl methyl sites for hydroxylation is 1. The van der Waals surface area contributed by atoms with Gasteiger partial charge in [-0.05, 0) is 64.2 Å². The van der Waals surface area contributed by atoms with Crippen LogP contribution in [0.2, 0.25) is 0 Å². The van der Waals surface area contributed by atoms with Crippen molar-refractivity contribution < 1.29 is 14.3 Å². The Hall–Kier alpha value is -2.73. The predicted octanol–water partition coefficient (Wildman–Crippen LogP) is 3.98. The minimum atomic E-state index is -0.544. The quantitative estimate of drug-likeness (QED) is 0.724. The highest BCUT2D eigenvalue weighted by molar-refractivity contribution is 5.93. The molecule has 6 heteroatoms. The second-order valence-corrected chi connectivity index (χ2v) is 9.87. The number of ether oxygens (including phenoxy) is 1. The van der Waals surface area contributed by atoms with Crippen molar-refractivity contribution in [3.63, 3.8) is 0 Å². The predicted molar refractivity (Wildman–Crippen MR) is 128 cm³/mol. The lowest BCUT2D eigenvalue weighted by atomic mass is 9.82. The summed E-state index contributed by atoms with van der Waals surface area (Å²) in [5.41, 5.74) is 3.27.